The number of rotatable bonds is 8. The quantitative estimate of drug-likeness (QED) is 0.313. The zero-order valence-electron chi connectivity index (χ0n) is 17.6. The first-order valence-corrected chi connectivity index (χ1v) is 9.70. The maximum Gasteiger partial charge on any atom is 0.405 e. The van der Waals surface area contributed by atoms with Crippen LogP contribution in [0.3, 0.4) is 0 Å². The van der Waals surface area contributed by atoms with Crippen molar-refractivity contribution in [2.45, 2.75) is 6.18 Å². The topological polar surface area (TPSA) is 83.3 Å². The van der Waals surface area contributed by atoms with Gasteiger partial charge in [-0.25, -0.2) is 9.78 Å². The Kier molecular flexibility index (Phi) is 7.31. The largest absolute Gasteiger partial charge is 0.405 e. The van der Waals surface area contributed by atoms with Crippen LogP contribution in [0.25, 0.3) is 16.9 Å². The fourth-order valence-electron chi connectivity index (χ4n) is 2.78. The molecule has 0 aliphatic rings. The van der Waals surface area contributed by atoms with Crippen molar-refractivity contribution in [2.24, 2.45) is 5.16 Å². The molecule has 0 saturated carbocycles. The molecule has 2 amide bonds. The molecule has 1 aromatic carbocycles. The Balaban J connectivity index is 1.69. The Labute approximate surface area is 182 Å². The lowest BCUT2D eigenvalue weighted by atomic mass is 10.1. The third-order valence-corrected chi connectivity index (χ3v) is 4.31. The lowest BCUT2D eigenvalue weighted by Crippen LogP contribution is -2.36. The number of oxime groups is 1. The number of amides is 2. The van der Waals surface area contributed by atoms with Gasteiger partial charge in [0.25, 0.3) is 0 Å². The number of imidazole rings is 1. The summed E-state index contributed by atoms with van der Waals surface area (Å²) in [5, 5.41) is 8.12. The highest BCUT2D eigenvalue weighted by atomic mass is 19.4. The first-order valence-electron chi connectivity index (χ1n) is 9.70. The van der Waals surface area contributed by atoms with Gasteiger partial charge in [-0.1, -0.05) is 17.3 Å². The van der Waals surface area contributed by atoms with E-state index >= 15 is 0 Å². The Morgan fingerprint density at radius 2 is 2.09 bits per heavy atom. The number of pyridine rings is 1. The summed E-state index contributed by atoms with van der Waals surface area (Å²) in [6, 6.07) is 9.51. The zero-order valence-corrected chi connectivity index (χ0v) is 17.6. The molecule has 3 rings (SSSR count). The number of nitrogens with one attached hydrogen (secondary N) is 2. The Bertz CT molecular complexity index is 1090. The molecule has 0 unspecified atom stereocenters. The molecule has 2 N–H and O–H groups in total. The van der Waals surface area contributed by atoms with Crippen molar-refractivity contribution in [1.29, 1.82) is 0 Å². The molecule has 0 atom stereocenters. The summed E-state index contributed by atoms with van der Waals surface area (Å²) < 4.78 is 38.6. The van der Waals surface area contributed by atoms with Crippen molar-refractivity contribution in [2.75, 3.05) is 39.1 Å². The Hall–Kier alpha value is -3.60. The molecule has 0 radical (unpaired) electrons. The molecular formula is C21H23F3N6O2. The molecule has 2 aromatic heterocycles. The lowest BCUT2D eigenvalue weighted by molar-refractivity contribution is -0.122. The molecule has 170 valence electrons. The van der Waals surface area contributed by atoms with Crippen LogP contribution >= 0.6 is 0 Å². The molecule has 2 heterocycles. The van der Waals surface area contributed by atoms with E-state index < -0.39 is 18.8 Å². The molecule has 11 heteroatoms. The van der Waals surface area contributed by atoms with Crippen LogP contribution in [0, 0.1) is 0 Å². The molecule has 32 heavy (non-hydrogen) atoms. The van der Waals surface area contributed by atoms with E-state index in [1.165, 1.54) is 0 Å². The predicted molar refractivity (Wildman–Crippen MR) is 116 cm³/mol. The summed E-state index contributed by atoms with van der Waals surface area (Å²) in [5.74, 6) is 0. The van der Waals surface area contributed by atoms with Crippen molar-refractivity contribution in [3.05, 3.63) is 54.4 Å². The van der Waals surface area contributed by atoms with E-state index in [1.807, 2.05) is 47.8 Å². The van der Waals surface area contributed by atoms with Crippen LogP contribution in [0.1, 0.15) is 5.56 Å². The second kappa shape index (κ2) is 10.1. The normalized spacial score (nSPS) is 11.9. The van der Waals surface area contributed by atoms with Crippen molar-refractivity contribution >= 4 is 23.6 Å². The number of urea groups is 1. The average Bonchev–Trinajstić information content (AvgIpc) is 3.15. The summed E-state index contributed by atoms with van der Waals surface area (Å²) in [6.07, 6.45) is 0.632. The summed E-state index contributed by atoms with van der Waals surface area (Å²) in [5.41, 5.74) is 3.34. The van der Waals surface area contributed by atoms with Crippen LogP contribution in [-0.4, -0.2) is 66.5 Å². The number of anilines is 1. The standard InChI is InChI=1S/C21H23F3N6O2/c1-29(2)8-9-32-27-12-15-6-7-30-18(13-25-19(30)10-15)16-4-3-5-17(11-16)28-20(31)26-14-21(22,23)24/h3-7,10-13H,8-9,14H2,1-2H3,(H2,26,28,31)/b27-12-. The highest BCUT2D eigenvalue weighted by molar-refractivity contribution is 5.90. The van der Waals surface area contributed by atoms with Crippen molar-refractivity contribution in [3.63, 3.8) is 0 Å². The molecule has 3 aromatic rings. The summed E-state index contributed by atoms with van der Waals surface area (Å²) in [4.78, 5) is 23.3. The lowest BCUT2D eigenvalue weighted by Gasteiger charge is -2.10. The number of carbonyl (C=O) groups excluding carboxylic acids is 1. The van der Waals surface area contributed by atoms with Gasteiger partial charge in [-0.15, -0.1) is 0 Å². The van der Waals surface area contributed by atoms with Crippen molar-refractivity contribution in [3.8, 4) is 11.3 Å². The van der Waals surface area contributed by atoms with Crippen LogP contribution in [-0.2, 0) is 4.84 Å². The van der Waals surface area contributed by atoms with Gasteiger partial charge >= 0.3 is 12.2 Å². The molecule has 8 nitrogen and oxygen atoms in total. The van der Waals surface area contributed by atoms with Crippen LogP contribution in [0.4, 0.5) is 23.7 Å². The van der Waals surface area contributed by atoms with Crippen LogP contribution in [0.2, 0.25) is 0 Å². The second-order valence-corrected chi connectivity index (χ2v) is 7.21. The van der Waals surface area contributed by atoms with Crippen molar-refractivity contribution < 1.29 is 22.8 Å². The van der Waals surface area contributed by atoms with Crippen LogP contribution in [0.5, 0.6) is 0 Å². The monoisotopic (exact) mass is 448 g/mol. The minimum Gasteiger partial charge on any atom is -0.394 e. The predicted octanol–water partition coefficient (Wildman–Crippen LogP) is 3.60. The molecule has 0 saturated heterocycles. The summed E-state index contributed by atoms with van der Waals surface area (Å²) in [6.45, 7) is -0.159. The number of aromatic nitrogens is 2. The summed E-state index contributed by atoms with van der Waals surface area (Å²) >= 11 is 0. The average molecular weight is 448 g/mol. The van der Waals surface area contributed by atoms with E-state index in [1.54, 1.807) is 35.9 Å². The van der Waals surface area contributed by atoms with Gasteiger partial charge in [0.1, 0.15) is 18.8 Å². The molecule has 0 spiro atoms. The van der Waals surface area contributed by atoms with Crippen LogP contribution in [0.15, 0.2) is 53.9 Å². The van der Waals surface area contributed by atoms with Gasteiger partial charge in [-0.2, -0.15) is 13.2 Å². The highest BCUT2D eigenvalue weighted by Gasteiger charge is 2.27. The molecule has 0 fully saturated rings. The molecule has 0 bridgehead atoms. The van der Waals surface area contributed by atoms with Gasteiger partial charge in [-0.05, 0) is 38.4 Å². The minimum atomic E-state index is -4.47. The van der Waals surface area contributed by atoms with Gasteiger partial charge in [0.2, 0.25) is 0 Å². The van der Waals surface area contributed by atoms with E-state index in [2.05, 4.69) is 15.5 Å². The summed E-state index contributed by atoms with van der Waals surface area (Å²) in [7, 11) is 3.90. The maximum absolute atomic E-state index is 12.2. The molecule has 0 aliphatic carbocycles. The fraction of sp³-hybridized carbons (Fsp3) is 0.286. The number of hydrogen-bond donors (Lipinski definition) is 2. The molecular weight excluding hydrogens is 425 g/mol. The van der Waals surface area contributed by atoms with E-state index in [0.717, 1.165) is 23.4 Å². The highest BCUT2D eigenvalue weighted by Crippen LogP contribution is 2.24. The first-order chi connectivity index (χ1) is 15.2. The number of alkyl halides is 3. The first kappa shape index (κ1) is 23.1. The smallest absolute Gasteiger partial charge is 0.394 e. The van der Waals surface area contributed by atoms with Gasteiger partial charge < -0.3 is 20.4 Å². The van der Waals surface area contributed by atoms with Crippen LogP contribution < -0.4 is 10.6 Å². The number of fused-ring (bicyclic) bond motifs is 1. The minimum absolute atomic E-state index is 0.357. The Morgan fingerprint density at radius 1 is 1.28 bits per heavy atom. The number of hydrogen-bond acceptors (Lipinski definition) is 5. The zero-order chi connectivity index (χ0) is 23.1. The third-order valence-electron chi connectivity index (χ3n) is 4.31. The number of halogens is 3. The number of carbonyl (C=O) groups is 1. The van der Waals surface area contributed by atoms with Crippen molar-refractivity contribution in [1.82, 2.24) is 19.6 Å². The maximum atomic E-state index is 12.2. The molecule has 0 aliphatic heterocycles. The van der Waals surface area contributed by atoms with E-state index in [-0.39, 0.29) is 0 Å². The van der Waals surface area contributed by atoms with E-state index in [9.17, 15) is 18.0 Å². The second-order valence-electron chi connectivity index (χ2n) is 7.21. The SMILES string of the molecule is CN(C)CCO/N=C\c1ccn2c(-c3cccc(NC(=O)NCC(F)(F)F)c3)cnc2c1. The number of nitrogens with zero attached hydrogens (tertiary/aromatic N) is 4. The number of likely N-dealkylation sites (N-methyl/N-ethyl adjacent to an activating group) is 1. The van der Waals surface area contributed by atoms with Gasteiger partial charge in [0.05, 0.1) is 18.1 Å². The van der Waals surface area contributed by atoms with Gasteiger partial charge in [0.15, 0.2) is 0 Å². The van der Waals surface area contributed by atoms with Gasteiger partial charge in [0, 0.05) is 29.6 Å². The Morgan fingerprint density at radius 3 is 2.84 bits per heavy atom. The van der Waals surface area contributed by atoms with Gasteiger partial charge in [-0.3, -0.25) is 4.40 Å². The fourth-order valence-corrected chi connectivity index (χ4v) is 2.78. The van der Waals surface area contributed by atoms with E-state index in [4.69, 9.17) is 4.84 Å². The third kappa shape index (κ3) is 6.71. The number of benzene rings is 1. The van der Waals surface area contributed by atoms with E-state index in [0.29, 0.717) is 17.9 Å².